The molecule has 2 aromatic carbocycles. The van der Waals surface area contributed by atoms with Gasteiger partial charge in [0.2, 0.25) is 0 Å². The monoisotopic (exact) mass is 290 g/mol. The lowest BCUT2D eigenvalue weighted by Gasteiger charge is -2.23. The van der Waals surface area contributed by atoms with Gasteiger partial charge in [-0.2, -0.15) is 0 Å². The van der Waals surface area contributed by atoms with Crippen molar-refractivity contribution >= 4 is 16.7 Å². The van der Waals surface area contributed by atoms with Crippen molar-refractivity contribution in [1.29, 1.82) is 0 Å². The number of aromatic hydroxyl groups is 3. The molecule has 0 unspecified atom stereocenters. The summed E-state index contributed by atoms with van der Waals surface area (Å²) in [4.78, 5) is 11.9. The highest BCUT2D eigenvalue weighted by Crippen LogP contribution is 2.47. The van der Waals surface area contributed by atoms with Crippen LogP contribution in [0.1, 0.15) is 22.8 Å². The number of benzene rings is 2. The molecule has 0 aliphatic carbocycles. The largest absolute Gasteiger partial charge is 0.507 e. The van der Waals surface area contributed by atoms with Crippen LogP contribution >= 0.6 is 0 Å². The first kappa shape index (κ1) is 13.4. The lowest BCUT2D eigenvalue weighted by atomic mass is 9.93. The van der Waals surface area contributed by atoms with Crippen molar-refractivity contribution in [3.8, 4) is 23.0 Å². The van der Waals surface area contributed by atoms with Gasteiger partial charge in [-0.05, 0) is 18.6 Å². The number of ether oxygens (including phenoxy) is 2. The van der Waals surface area contributed by atoms with Gasteiger partial charge in [0.1, 0.15) is 23.2 Å². The Kier molecular flexibility index (Phi) is 2.83. The molecule has 3 rings (SSSR count). The summed E-state index contributed by atoms with van der Waals surface area (Å²) in [6, 6.07) is 2.75. The molecule has 1 atom stereocenters. The van der Waals surface area contributed by atoms with Gasteiger partial charge in [0.25, 0.3) is 0 Å². The number of phenols is 3. The topological polar surface area (TPSA) is 96.2 Å². The lowest BCUT2D eigenvalue weighted by molar-refractivity contribution is 0.0298. The van der Waals surface area contributed by atoms with Gasteiger partial charge in [0.05, 0.1) is 12.5 Å². The normalized spacial score (nSPS) is 17.4. The minimum Gasteiger partial charge on any atom is -0.507 e. The van der Waals surface area contributed by atoms with Crippen LogP contribution in [0.15, 0.2) is 12.1 Å². The molecule has 1 heterocycles. The fourth-order valence-corrected chi connectivity index (χ4v) is 2.70. The van der Waals surface area contributed by atoms with Crippen LogP contribution in [0.4, 0.5) is 0 Å². The summed E-state index contributed by atoms with van der Waals surface area (Å²) < 4.78 is 10.1. The minimum atomic E-state index is -0.641. The summed E-state index contributed by atoms with van der Waals surface area (Å²) in [7, 11) is 1.36. The van der Waals surface area contributed by atoms with E-state index in [9.17, 15) is 20.1 Å². The van der Waals surface area contributed by atoms with Crippen molar-refractivity contribution in [2.45, 2.75) is 19.4 Å². The van der Waals surface area contributed by atoms with E-state index >= 15 is 0 Å². The third-order valence-corrected chi connectivity index (χ3v) is 3.63. The van der Waals surface area contributed by atoms with Gasteiger partial charge in [-0.25, -0.2) is 4.79 Å². The molecule has 110 valence electrons. The quantitative estimate of drug-likeness (QED) is 0.549. The lowest BCUT2D eigenvalue weighted by Crippen LogP contribution is -2.25. The zero-order valence-corrected chi connectivity index (χ0v) is 11.5. The molecule has 6 heteroatoms. The third kappa shape index (κ3) is 1.83. The number of carbonyl (C=O) groups excluding carboxylic acids is 1. The van der Waals surface area contributed by atoms with E-state index in [0.717, 1.165) is 0 Å². The molecular formula is C15H14O6. The number of hydrogen-bond donors (Lipinski definition) is 3. The predicted octanol–water partition coefficient (Wildman–Crippen LogP) is 2.07. The molecule has 1 aliphatic heterocycles. The van der Waals surface area contributed by atoms with E-state index in [1.54, 1.807) is 13.0 Å². The van der Waals surface area contributed by atoms with Crippen molar-refractivity contribution in [2.75, 3.05) is 7.11 Å². The van der Waals surface area contributed by atoms with E-state index < -0.39 is 11.7 Å². The SMILES string of the molecule is COc1cc(O)c2c(O)c3c(cc2c1O)C[C@H](C)OC3=O. The number of rotatable bonds is 1. The summed E-state index contributed by atoms with van der Waals surface area (Å²) in [5.74, 6) is -1.43. The van der Waals surface area contributed by atoms with Crippen LogP contribution < -0.4 is 4.74 Å². The summed E-state index contributed by atoms with van der Waals surface area (Å²) in [6.45, 7) is 1.74. The number of phenolic OH excluding ortho intramolecular Hbond substituents is 3. The van der Waals surface area contributed by atoms with Crippen molar-refractivity contribution in [2.24, 2.45) is 0 Å². The molecule has 3 N–H and O–H groups in total. The first-order chi connectivity index (χ1) is 9.93. The molecule has 1 aliphatic rings. The maximum Gasteiger partial charge on any atom is 0.342 e. The van der Waals surface area contributed by atoms with Gasteiger partial charge in [-0.15, -0.1) is 0 Å². The fraction of sp³-hybridized carbons (Fsp3) is 0.267. The van der Waals surface area contributed by atoms with E-state index in [1.165, 1.54) is 13.2 Å². The highest BCUT2D eigenvalue weighted by molar-refractivity contribution is 6.07. The third-order valence-electron chi connectivity index (χ3n) is 3.63. The molecule has 0 aromatic heterocycles. The number of fused-ring (bicyclic) bond motifs is 2. The number of methoxy groups -OCH3 is 1. The van der Waals surface area contributed by atoms with Crippen LogP contribution in [0.5, 0.6) is 23.0 Å². The fourth-order valence-electron chi connectivity index (χ4n) is 2.70. The Morgan fingerprint density at radius 1 is 1.24 bits per heavy atom. The molecule has 6 nitrogen and oxygen atoms in total. The van der Waals surface area contributed by atoms with Crippen LogP contribution in [-0.2, 0) is 11.2 Å². The van der Waals surface area contributed by atoms with Crippen LogP contribution in [0, 0.1) is 0 Å². The Morgan fingerprint density at radius 2 is 1.95 bits per heavy atom. The van der Waals surface area contributed by atoms with Gasteiger partial charge >= 0.3 is 5.97 Å². The van der Waals surface area contributed by atoms with Gasteiger partial charge in [-0.1, -0.05) is 0 Å². The molecule has 0 saturated heterocycles. The summed E-state index contributed by atoms with van der Waals surface area (Å²) >= 11 is 0. The Morgan fingerprint density at radius 3 is 2.62 bits per heavy atom. The van der Waals surface area contributed by atoms with Crippen LogP contribution in [-0.4, -0.2) is 34.5 Å². The second kappa shape index (κ2) is 4.44. The predicted molar refractivity (Wildman–Crippen MR) is 74.1 cm³/mol. The average Bonchev–Trinajstić information content (AvgIpc) is 2.41. The molecular weight excluding hydrogens is 276 g/mol. The van der Waals surface area contributed by atoms with Gasteiger partial charge in [0, 0.05) is 17.9 Å². The smallest absolute Gasteiger partial charge is 0.342 e. The van der Waals surface area contributed by atoms with Gasteiger partial charge < -0.3 is 24.8 Å². The Hall–Kier alpha value is -2.63. The van der Waals surface area contributed by atoms with Crippen molar-refractivity contribution in [3.63, 3.8) is 0 Å². The summed E-state index contributed by atoms with van der Waals surface area (Å²) in [5.41, 5.74) is 0.590. The molecule has 21 heavy (non-hydrogen) atoms. The van der Waals surface area contributed by atoms with E-state index in [-0.39, 0.29) is 39.7 Å². The Labute approximate surface area is 120 Å². The molecule has 0 bridgehead atoms. The zero-order chi connectivity index (χ0) is 15.3. The average molecular weight is 290 g/mol. The van der Waals surface area contributed by atoms with Crippen molar-refractivity contribution < 1.29 is 29.6 Å². The molecule has 0 radical (unpaired) electrons. The summed E-state index contributed by atoms with van der Waals surface area (Å²) in [6.07, 6.45) is 0.102. The highest BCUT2D eigenvalue weighted by Gasteiger charge is 2.30. The number of esters is 1. The maximum absolute atomic E-state index is 11.9. The Balaban J connectivity index is 2.42. The molecule has 0 fully saturated rings. The van der Waals surface area contributed by atoms with Crippen LogP contribution in [0.25, 0.3) is 10.8 Å². The molecule has 0 amide bonds. The highest BCUT2D eigenvalue weighted by atomic mass is 16.5. The summed E-state index contributed by atoms with van der Waals surface area (Å²) in [5, 5.41) is 30.7. The second-order valence-corrected chi connectivity index (χ2v) is 5.05. The van der Waals surface area contributed by atoms with Crippen molar-refractivity contribution in [1.82, 2.24) is 0 Å². The second-order valence-electron chi connectivity index (χ2n) is 5.05. The van der Waals surface area contributed by atoms with E-state index in [2.05, 4.69) is 0 Å². The van der Waals surface area contributed by atoms with E-state index in [0.29, 0.717) is 12.0 Å². The number of carbonyl (C=O) groups is 1. The van der Waals surface area contributed by atoms with Crippen molar-refractivity contribution in [3.05, 3.63) is 23.3 Å². The standard InChI is InChI=1S/C15H14O6/c1-6-3-7-4-8-12(14(18)11(7)15(19)21-6)9(16)5-10(20-2)13(8)17/h4-6,16-18H,3H2,1-2H3/t6-/m0/s1. The van der Waals surface area contributed by atoms with Crippen LogP contribution in [0.3, 0.4) is 0 Å². The molecule has 0 saturated carbocycles. The first-order valence-electron chi connectivity index (χ1n) is 6.42. The van der Waals surface area contributed by atoms with E-state index in [4.69, 9.17) is 9.47 Å². The first-order valence-corrected chi connectivity index (χ1v) is 6.42. The number of hydrogen-bond acceptors (Lipinski definition) is 6. The zero-order valence-electron chi connectivity index (χ0n) is 11.5. The molecule has 2 aromatic rings. The Bertz CT molecular complexity index is 765. The minimum absolute atomic E-state index is 0.00134. The van der Waals surface area contributed by atoms with E-state index in [1.807, 2.05) is 0 Å². The molecule has 0 spiro atoms. The maximum atomic E-state index is 11.9. The van der Waals surface area contributed by atoms with Gasteiger partial charge in [0.15, 0.2) is 11.5 Å². The van der Waals surface area contributed by atoms with Crippen LogP contribution in [0.2, 0.25) is 0 Å². The number of cyclic esters (lactones) is 1. The van der Waals surface area contributed by atoms with Gasteiger partial charge in [-0.3, -0.25) is 0 Å².